The molecule has 0 atom stereocenters. The molecule has 0 saturated heterocycles. The SMILES string of the molecule is CN(C(=O)COC(=O)c1ccccc1Cc1nc2ccccc2c(=O)[nH]1)C1(C#N)CCCCC1. The van der Waals surface area contributed by atoms with Gasteiger partial charge in [-0.05, 0) is 36.6 Å². The molecule has 0 aliphatic heterocycles. The largest absolute Gasteiger partial charge is 0.452 e. The van der Waals surface area contributed by atoms with E-state index in [0.717, 1.165) is 19.3 Å². The van der Waals surface area contributed by atoms with Crippen molar-refractivity contribution in [2.24, 2.45) is 0 Å². The first kappa shape index (κ1) is 23.2. The fourth-order valence-corrected chi connectivity index (χ4v) is 4.47. The van der Waals surface area contributed by atoms with Crippen LogP contribution in [-0.4, -0.2) is 45.9 Å². The molecule has 1 N–H and O–H groups in total. The van der Waals surface area contributed by atoms with Crippen LogP contribution in [0.25, 0.3) is 10.9 Å². The molecule has 0 unspecified atom stereocenters. The van der Waals surface area contributed by atoms with Crippen LogP contribution in [0.5, 0.6) is 0 Å². The van der Waals surface area contributed by atoms with Gasteiger partial charge in [0, 0.05) is 13.5 Å². The molecule has 1 heterocycles. The van der Waals surface area contributed by atoms with Gasteiger partial charge in [-0.15, -0.1) is 0 Å². The topological polar surface area (TPSA) is 116 Å². The lowest BCUT2D eigenvalue weighted by Crippen LogP contribution is -2.51. The van der Waals surface area contributed by atoms with E-state index in [0.29, 0.717) is 40.7 Å². The summed E-state index contributed by atoms with van der Waals surface area (Å²) in [4.78, 5) is 46.6. The number of aromatic nitrogens is 2. The number of ether oxygens (including phenoxy) is 1. The van der Waals surface area contributed by atoms with Gasteiger partial charge in [0.15, 0.2) is 6.61 Å². The third-order valence-corrected chi connectivity index (χ3v) is 6.49. The highest BCUT2D eigenvalue weighted by molar-refractivity contribution is 5.93. The van der Waals surface area contributed by atoms with Crippen molar-refractivity contribution in [3.63, 3.8) is 0 Å². The number of hydrogen-bond donors (Lipinski definition) is 1. The summed E-state index contributed by atoms with van der Waals surface area (Å²) < 4.78 is 5.33. The third-order valence-electron chi connectivity index (χ3n) is 6.49. The van der Waals surface area contributed by atoms with Gasteiger partial charge in [0.25, 0.3) is 11.5 Å². The highest BCUT2D eigenvalue weighted by atomic mass is 16.5. The first-order chi connectivity index (χ1) is 16.4. The minimum atomic E-state index is -0.840. The Hall–Kier alpha value is -3.99. The average Bonchev–Trinajstić information content (AvgIpc) is 2.87. The Morgan fingerprint density at radius 1 is 1.12 bits per heavy atom. The predicted octanol–water partition coefficient (Wildman–Crippen LogP) is 3.36. The molecule has 3 aromatic rings. The number of nitrogens with zero attached hydrogens (tertiary/aromatic N) is 3. The number of rotatable bonds is 6. The molecular formula is C26H26N4O4. The fourth-order valence-electron chi connectivity index (χ4n) is 4.47. The van der Waals surface area contributed by atoms with Crippen molar-refractivity contribution in [3.05, 3.63) is 75.8 Å². The van der Waals surface area contributed by atoms with E-state index in [1.165, 1.54) is 4.90 Å². The van der Waals surface area contributed by atoms with E-state index in [1.54, 1.807) is 49.5 Å². The van der Waals surface area contributed by atoms with Crippen molar-refractivity contribution in [1.82, 2.24) is 14.9 Å². The molecule has 8 nitrogen and oxygen atoms in total. The predicted molar refractivity (Wildman–Crippen MR) is 126 cm³/mol. The molecule has 1 fully saturated rings. The summed E-state index contributed by atoms with van der Waals surface area (Å²) in [5.74, 6) is -0.627. The Morgan fingerprint density at radius 2 is 1.82 bits per heavy atom. The van der Waals surface area contributed by atoms with Gasteiger partial charge in [0.2, 0.25) is 0 Å². The van der Waals surface area contributed by atoms with Gasteiger partial charge in [0.1, 0.15) is 11.4 Å². The van der Waals surface area contributed by atoms with Gasteiger partial charge < -0.3 is 14.6 Å². The molecule has 0 bridgehead atoms. The minimum absolute atomic E-state index is 0.219. The van der Waals surface area contributed by atoms with Crippen LogP contribution < -0.4 is 5.56 Å². The van der Waals surface area contributed by atoms with E-state index in [4.69, 9.17) is 4.74 Å². The number of nitrogens with one attached hydrogen (secondary N) is 1. The summed E-state index contributed by atoms with van der Waals surface area (Å²) in [6.07, 6.45) is 4.30. The van der Waals surface area contributed by atoms with Crippen molar-refractivity contribution in [2.45, 2.75) is 44.1 Å². The van der Waals surface area contributed by atoms with Crippen molar-refractivity contribution in [3.8, 4) is 6.07 Å². The number of esters is 1. The van der Waals surface area contributed by atoms with Crippen LogP contribution in [0.3, 0.4) is 0 Å². The second kappa shape index (κ2) is 9.87. The summed E-state index contributed by atoms with van der Waals surface area (Å²) >= 11 is 0. The number of benzene rings is 2. The molecule has 1 aliphatic carbocycles. The zero-order valence-corrected chi connectivity index (χ0v) is 19.0. The normalized spacial score (nSPS) is 14.8. The Labute approximate surface area is 197 Å². The molecule has 8 heteroatoms. The average molecular weight is 459 g/mol. The molecular weight excluding hydrogens is 432 g/mol. The van der Waals surface area contributed by atoms with Crippen LogP contribution in [0.15, 0.2) is 53.3 Å². The summed E-state index contributed by atoms with van der Waals surface area (Å²) in [7, 11) is 1.60. The van der Waals surface area contributed by atoms with Crippen molar-refractivity contribution >= 4 is 22.8 Å². The van der Waals surface area contributed by atoms with E-state index in [-0.39, 0.29) is 12.0 Å². The number of H-pyrrole nitrogens is 1. The monoisotopic (exact) mass is 458 g/mol. The van der Waals surface area contributed by atoms with Crippen LogP contribution in [0.4, 0.5) is 0 Å². The van der Waals surface area contributed by atoms with E-state index in [1.807, 2.05) is 6.07 Å². The third kappa shape index (κ3) is 4.69. The Balaban J connectivity index is 1.47. The van der Waals surface area contributed by atoms with Gasteiger partial charge in [0.05, 0.1) is 22.5 Å². The highest BCUT2D eigenvalue weighted by Crippen LogP contribution is 2.32. The molecule has 2 aromatic carbocycles. The van der Waals surface area contributed by atoms with Crippen molar-refractivity contribution in [2.75, 3.05) is 13.7 Å². The summed E-state index contributed by atoms with van der Waals surface area (Å²) in [5.41, 5.74) is 0.397. The molecule has 0 spiro atoms. The van der Waals surface area contributed by atoms with Gasteiger partial charge in [-0.1, -0.05) is 49.6 Å². The lowest BCUT2D eigenvalue weighted by Gasteiger charge is -2.38. The van der Waals surface area contributed by atoms with Gasteiger partial charge in [-0.25, -0.2) is 9.78 Å². The highest BCUT2D eigenvalue weighted by Gasteiger charge is 2.39. The number of likely N-dealkylation sites (N-methyl/N-ethyl adjacent to an activating group) is 1. The molecule has 1 aliphatic rings. The quantitative estimate of drug-likeness (QED) is 0.566. The molecule has 1 saturated carbocycles. The van der Waals surface area contributed by atoms with Gasteiger partial charge >= 0.3 is 5.97 Å². The van der Waals surface area contributed by atoms with Gasteiger partial charge in [-0.2, -0.15) is 5.26 Å². The van der Waals surface area contributed by atoms with Crippen LogP contribution in [0.1, 0.15) is 53.8 Å². The number of carbonyl (C=O) groups is 2. The van der Waals surface area contributed by atoms with Crippen LogP contribution in [0.2, 0.25) is 0 Å². The number of amides is 1. The minimum Gasteiger partial charge on any atom is -0.452 e. The summed E-state index contributed by atoms with van der Waals surface area (Å²) in [5, 5.41) is 10.2. The van der Waals surface area contributed by atoms with E-state index < -0.39 is 24.0 Å². The molecule has 1 amide bonds. The van der Waals surface area contributed by atoms with Gasteiger partial charge in [-0.3, -0.25) is 9.59 Å². The number of para-hydroxylation sites is 1. The number of nitriles is 1. The number of fused-ring (bicyclic) bond motifs is 1. The summed E-state index contributed by atoms with van der Waals surface area (Å²) in [6.45, 7) is -0.446. The maximum Gasteiger partial charge on any atom is 0.338 e. The number of hydrogen-bond acceptors (Lipinski definition) is 6. The van der Waals surface area contributed by atoms with E-state index in [9.17, 15) is 19.6 Å². The molecule has 1 aromatic heterocycles. The zero-order chi connectivity index (χ0) is 24.1. The number of carbonyl (C=O) groups excluding carboxylic acids is 2. The fraction of sp³-hybridized carbons (Fsp3) is 0.346. The molecule has 4 rings (SSSR count). The lowest BCUT2D eigenvalue weighted by atomic mass is 9.81. The second-order valence-electron chi connectivity index (χ2n) is 8.60. The van der Waals surface area contributed by atoms with Crippen LogP contribution >= 0.6 is 0 Å². The van der Waals surface area contributed by atoms with E-state index in [2.05, 4.69) is 16.0 Å². The maximum absolute atomic E-state index is 12.8. The van der Waals surface area contributed by atoms with E-state index >= 15 is 0 Å². The lowest BCUT2D eigenvalue weighted by molar-refractivity contribution is -0.138. The Bertz CT molecular complexity index is 1320. The number of aromatic amines is 1. The molecule has 34 heavy (non-hydrogen) atoms. The van der Waals surface area contributed by atoms with Crippen molar-refractivity contribution < 1.29 is 14.3 Å². The van der Waals surface area contributed by atoms with Crippen LogP contribution in [0, 0.1) is 11.3 Å². The Kier molecular flexibility index (Phi) is 6.73. The first-order valence-corrected chi connectivity index (χ1v) is 11.3. The smallest absolute Gasteiger partial charge is 0.338 e. The first-order valence-electron chi connectivity index (χ1n) is 11.3. The molecule has 0 radical (unpaired) electrons. The van der Waals surface area contributed by atoms with Crippen LogP contribution in [-0.2, 0) is 16.0 Å². The molecule has 174 valence electrons. The van der Waals surface area contributed by atoms with Crippen molar-refractivity contribution in [1.29, 1.82) is 5.26 Å². The standard InChI is InChI=1S/C26H26N4O4/c1-30(26(17-27)13-7-2-8-14-26)23(31)16-34-25(33)19-10-4-3-9-18(19)15-22-28-21-12-6-5-11-20(21)24(32)29-22/h3-6,9-12H,2,7-8,13-16H2,1H3,(H,28,29,32). The summed E-state index contributed by atoms with van der Waals surface area (Å²) in [6, 6.07) is 16.2. The maximum atomic E-state index is 12.8. The Morgan fingerprint density at radius 3 is 2.59 bits per heavy atom. The zero-order valence-electron chi connectivity index (χ0n) is 19.0. The second-order valence-corrected chi connectivity index (χ2v) is 8.60.